The minimum Gasteiger partial charge on any atom is -0.467 e. The van der Waals surface area contributed by atoms with E-state index in [1.54, 1.807) is 6.07 Å². The molecule has 1 aliphatic rings. The molecular formula is C19H25ClN2O2. The first-order chi connectivity index (χ1) is 11.1. The second kappa shape index (κ2) is 7.86. The fraction of sp³-hybridized carbons (Fsp3) is 0.421. The maximum atomic E-state index is 12.4. The van der Waals surface area contributed by atoms with Gasteiger partial charge in [-0.15, -0.1) is 12.4 Å². The fourth-order valence-corrected chi connectivity index (χ4v) is 3.55. The molecule has 5 heteroatoms. The van der Waals surface area contributed by atoms with Crippen molar-refractivity contribution in [3.8, 4) is 0 Å². The second-order valence-electron chi connectivity index (χ2n) is 6.55. The van der Waals surface area contributed by atoms with Crippen LogP contribution >= 0.6 is 12.4 Å². The number of furan rings is 1. The van der Waals surface area contributed by atoms with Gasteiger partial charge < -0.3 is 15.5 Å². The molecular weight excluding hydrogens is 324 g/mol. The van der Waals surface area contributed by atoms with Crippen molar-refractivity contribution in [1.29, 1.82) is 0 Å². The number of hydrogen-bond acceptors (Lipinski definition) is 3. The number of benzene rings is 1. The summed E-state index contributed by atoms with van der Waals surface area (Å²) < 4.78 is 5.25. The Balaban J connectivity index is 0.00000208. The van der Waals surface area contributed by atoms with Crippen LogP contribution < -0.4 is 11.1 Å². The molecule has 3 rings (SSSR count). The Morgan fingerprint density at radius 1 is 1.29 bits per heavy atom. The SMILES string of the molecule is Cc1cccc(C2(CNC(=O)c3coc(CN)c3)CCCC2)c1.Cl. The van der Waals surface area contributed by atoms with Crippen LogP contribution in [0.5, 0.6) is 0 Å². The molecule has 1 heterocycles. The summed E-state index contributed by atoms with van der Waals surface area (Å²) >= 11 is 0. The molecule has 130 valence electrons. The van der Waals surface area contributed by atoms with E-state index in [0.717, 1.165) is 12.8 Å². The molecule has 1 aromatic heterocycles. The van der Waals surface area contributed by atoms with Gasteiger partial charge in [0.25, 0.3) is 5.91 Å². The molecule has 0 aliphatic heterocycles. The summed E-state index contributed by atoms with van der Waals surface area (Å²) in [5.74, 6) is 0.539. The van der Waals surface area contributed by atoms with Crippen LogP contribution in [0.25, 0.3) is 0 Å². The van der Waals surface area contributed by atoms with E-state index in [9.17, 15) is 4.79 Å². The number of halogens is 1. The second-order valence-corrected chi connectivity index (χ2v) is 6.55. The van der Waals surface area contributed by atoms with Gasteiger partial charge in [-0.2, -0.15) is 0 Å². The fourth-order valence-electron chi connectivity index (χ4n) is 3.55. The largest absolute Gasteiger partial charge is 0.467 e. The van der Waals surface area contributed by atoms with Crippen LogP contribution in [0.1, 0.15) is 52.9 Å². The lowest BCUT2D eigenvalue weighted by Gasteiger charge is -2.30. The minimum atomic E-state index is -0.0904. The summed E-state index contributed by atoms with van der Waals surface area (Å²) in [6.07, 6.45) is 6.15. The van der Waals surface area contributed by atoms with Crippen LogP contribution in [0.3, 0.4) is 0 Å². The molecule has 1 aromatic carbocycles. The third-order valence-corrected chi connectivity index (χ3v) is 4.90. The van der Waals surface area contributed by atoms with Crippen LogP contribution in [0.15, 0.2) is 41.0 Å². The molecule has 2 aromatic rings. The van der Waals surface area contributed by atoms with E-state index in [0.29, 0.717) is 24.4 Å². The van der Waals surface area contributed by atoms with E-state index in [2.05, 4.69) is 36.5 Å². The van der Waals surface area contributed by atoms with Crippen molar-refractivity contribution in [3.63, 3.8) is 0 Å². The van der Waals surface area contributed by atoms with E-state index in [1.807, 2.05) is 0 Å². The quantitative estimate of drug-likeness (QED) is 0.865. The zero-order chi connectivity index (χ0) is 16.3. The van der Waals surface area contributed by atoms with Gasteiger partial charge in [-0.1, -0.05) is 42.7 Å². The van der Waals surface area contributed by atoms with Gasteiger partial charge >= 0.3 is 0 Å². The monoisotopic (exact) mass is 348 g/mol. The van der Waals surface area contributed by atoms with Crippen LogP contribution in [0, 0.1) is 6.92 Å². The zero-order valence-electron chi connectivity index (χ0n) is 14.0. The number of nitrogens with two attached hydrogens (primary N) is 1. The molecule has 1 fully saturated rings. The van der Waals surface area contributed by atoms with Gasteiger partial charge in [0, 0.05) is 12.0 Å². The third kappa shape index (κ3) is 3.82. The van der Waals surface area contributed by atoms with Crippen molar-refractivity contribution in [2.24, 2.45) is 5.73 Å². The number of hydrogen-bond donors (Lipinski definition) is 2. The summed E-state index contributed by atoms with van der Waals surface area (Å²) in [4.78, 5) is 12.4. The average Bonchev–Trinajstić information content (AvgIpc) is 3.23. The summed E-state index contributed by atoms with van der Waals surface area (Å²) in [7, 11) is 0. The maximum Gasteiger partial charge on any atom is 0.254 e. The molecule has 0 radical (unpaired) electrons. The van der Waals surface area contributed by atoms with E-state index >= 15 is 0 Å². The predicted octanol–water partition coefficient (Wildman–Crippen LogP) is 3.71. The molecule has 0 bridgehead atoms. The number of carbonyl (C=O) groups excluding carboxylic acids is 1. The maximum absolute atomic E-state index is 12.4. The van der Waals surface area contributed by atoms with Crippen molar-refractivity contribution < 1.29 is 9.21 Å². The third-order valence-electron chi connectivity index (χ3n) is 4.90. The topological polar surface area (TPSA) is 68.3 Å². The van der Waals surface area contributed by atoms with Crippen molar-refractivity contribution in [2.75, 3.05) is 6.54 Å². The van der Waals surface area contributed by atoms with Gasteiger partial charge in [-0.3, -0.25) is 4.79 Å². The Bertz CT molecular complexity index is 690. The van der Waals surface area contributed by atoms with Crippen LogP contribution in [0.4, 0.5) is 0 Å². The van der Waals surface area contributed by atoms with E-state index in [1.165, 1.54) is 30.2 Å². The first-order valence-electron chi connectivity index (χ1n) is 8.26. The Morgan fingerprint density at radius 2 is 2.04 bits per heavy atom. The van der Waals surface area contributed by atoms with E-state index in [-0.39, 0.29) is 23.7 Å². The van der Waals surface area contributed by atoms with Crippen molar-refractivity contribution >= 4 is 18.3 Å². The first kappa shape index (κ1) is 18.6. The molecule has 3 N–H and O–H groups in total. The standard InChI is InChI=1S/C19H24N2O2.ClH/c1-14-5-4-6-16(9-14)19(7-2-3-8-19)13-21-18(22)15-10-17(11-20)23-12-15;/h4-6,9-10,12H,2-3,7-8,11,13,20H2,1H3,(H,21,22);1H. The molecule has 24 heavy (non-hydrogen) atoms. The zero-order valence-corrected chi connectivity index (χ0v) is 14.8. The lowest BCUT2D eigenvalue weighted by atomic mass is 9.78. The Morgan fingerprint density at radius 3 is 2.67 bits per heavy atom. The Kier molecular flexibility index (Phi) is 6.08. The molecule has 4 nitrogen and oxygen atoms in total. The Hall–Kier alpha value is -1.78. The summed E-state index contributed by atoms with van der Waals surface area (Å²) in [5.41, 5.74) is 8.73. The lowest BCUT2D eigenvalue weighted by Crippen LogP contribution is -2.39. The normalized spacial score (nSPS) is 15.8. The molecule has 0 saturated heterocycles. The molecule has 0 atom stereocenters. The van der Waals surface area contributed by atoms with Gasteiger partial charge in [0.1, 0.15) is 12.0 Å². The van der Waals surface area contributed by atoms with Crippen molar-refractivity contribution in [2.45, 2.75) is 44.6 Å². The summed E-state index contributed by atoms with van der Waals surface area (Å²) in [6.45, 7) is 3.09. The van der Waals surface area contributed by atoms with Crippen LogP contribution in [0.2, 0.25) is 0 Å². The highest BCUT2D eigenvalue weighted by atomic mass is 35.5. The highest BCUT2D eigenvalue weighted by Gasteiger charge is 2.36. The highest BCUT2D eigenvalue weighted by molar-refractivity contribution is 5.94. The van der Waals surface area contributed by atoms with Gasteiger partial charge in [0.2, 0.25) is 0 Å². The molecule has 1 aliphatic carbocycles. The van der Waals surface area contributed by atoms with Gasteiger partial charge in [-0.05, 0) is 31.4 Å². The predicted molar refractivity (Wildman–Crippen MR) is 97.5 cm³/mol. The van der Waals surface area contributed by atoms with Gasteiger partial charge in [0.05, 0.1) is 12.1 Å². The van der Waals surface area contributed by atoms with Gasteiger partial charge in [-0.25, -0.2) is 0 Å². The number of amides is 1. The highest BCUT2D eigenvalue weighted by Crippen LogP contribution is 2.40. The van der Waals surface area contributed by atoms with Gasteiger partial charge in [0.15, 0.2) is 0 Å². The van der Waals surface area contributed by atoms with Crippen molar-refractivity contribution in [1.82, 2.24) is 5.32 Å². The Labute approximate surface area is 149 Å². The molecule has 0 unspecified atom stereocenters. The minimum absolute atomic E-state index is 0. The molecule has 1 amide bonds. The molecule has 1 saturated carbocycles. The smallest absolute Gasteiger partial charge is 0.254 e. The number of aryl methyl sites for hydroxylation is 1. The number of nitrogens with one attached hydrogen (secondary N) is 1. The summed E-state index contributed by atoms with van der Waals surface area (Å²) in [6, 6.07) is 10.4. The van der Waals surface area contributed by atoms with Crippen molar-refractivity contribution in [3.05, 3.63) is 59.0 Å². The number of rotatable bonds is 5. The van der Waals surface area contributed by atoms with Crippen LogP contribution in [-0.4, -0.2) is 12.5 Å². The first-order valence-corrected chi connectivity index (χ1v) is 8.26. The van der Waals surface area contributed by atoms with Crippen LogP contribution in [-0.2, 0) is 12.0 Å². The average molecular weight is 349 g/mol. The lowest BCUT2D eigenvalue weighted by molar-refractivity contribution is 0.0942. The van der Waals surface area contributed by atoms with E-state index < -0.39 is 0 Å². The summed E-state index contributed by atoms with van der Waals surface area (Å²) in [5, 5.41) is 3.10. The van der Waals surface area contributed by atoms with E-state index in [4.69, 9.17) is 10.2 Å². The molecule has 0 spiro atoms. The number of carbonyl (C=O) groups is 1.